The number of piperidine rings is 1. The number of anilines is 1. The van der Waals surface area contributed by atoms with Crippen LogP contribution in [0, 0.1) is 6.92 Å². The van der Waals surface area contributed by atoms with E-state index >= 15 is 0 Å². The van der Waals surface area contributed by atoms with Crippen LogP contribution in [0.2, 0.25) is 0 Å². The van der Waals surface area contributed by atoms with Crippen LogP contribution in [0.4, 0.5) is 14.6 Å². The molecule has 194 valence electrons. The first-order valence-corrected chi connectivity index (χ1v) is 13.5. The van der Waals surface area contributed by atoms with Crippen molar-refractivity contribution in [3.8, 4) is 0 Å². The number of likely N-dealkylation sites (tertiary alicyclic amines) is 1. The Bertz CT molecular complexity index is 1480. The summed E-state index contributed by atoms with van der Waals surface area (Å²) in [6.45, 7) is 2.46. The van der Waals surface area contributed by atoms with Gasteiger partial charge in [-0.25, -0.2) is 22.4 Å². The van der Waals surface area contributed by atoms with Gasteiger partial charge in [0.05, 0.1) is 16.8 Å². The molecule has 0 N–H and O–H groups in total. The molecular formula is C26H28F2N6O2S. The first-order valence-electron chi connectivity index (χ1n) is 12.1. The lowest BCUT2D eigenvalue weighted by Gasteiger charge is -2.38. The van der Waals surface area contributed by atoms with Gasteiger partial charge < -0.3 is 4.90 Å². The predicted octanol–water partition coefficient (Wildman–Crippen LogP) is 4.06. The van der Waals surface area contributed by atoms with Crippen molar-refractivity contribution < 1.29 is 17.2 Å². The molecule has 0 unspecified atom stereocenters. The lowest BCUT2D eigenvalue weighted by molar-refractivity contribution is -0.0461. The van der Waals surface area contributed by atoms with Crippen molar-refractivity contribution in [3.63, 3.8) is 0 Å². The summed E-state index contributed by atoms with van der Waals surface area (Å²) in [6.07, 6.45) is 5.65. The number of benzene rings is 1. The van der Waals surface area contributed by atoms with Gasteiger partial charge >= 0.3 is 5.92 Å². The summed E-state index contributed by atoms with van der Waals surface area (Å²) < 4.78 is 57.1. The Morgan fingerprint density at radius 1 is 1.03 bits per heavy atom. The van der Waals surface area contributed by atoms with E-state index in [0.29, 0.717) is 42.8 Å². The van der Waals surface area contributed by atoms with Gasteiger partial charge in [0.2, 0.25) is 0 Å². The molecule has 8 nitrogen and oxygen atoms in total. The summed E-state index contributed by atoms with van der Waals surface area (Å²) in [6, 6.07) is 13.0. The Kier molecular flexibility index (Phi) is 6.67. The number of pyridine rings is 1. The summed E-state index contributed by atoms with van der Waals surface area (Å²) in [5, 5.41) is 0.615. The summed E-state index contributed by atoms with van der Waals surface area (Å²) in [5.41, 5.74) is 0.925. The molecule has 4 heterocycles. The lowest BCUT2D eigenvalue weighted by atomic mass is 10.0. The highest BCUT2D eigenvalue weighted by Crippen LogP contribution is 2.32. The first kappa shape index (κ1) is 25.2. The number of fused-ring (bicyclic) bond motifs is 1. The SMILES string of the molecule is Cc1ccc(C(F)(F)CN2CCC(N(C)c3ncnc4c3ccn4S(=O)(=O)c3ccccc3)CC2)nc1. The average molecular weight is 527 g/mol. The Balaban J connectivity index is 1.30. The van der Waals surface area contributed by atoms with Crippen LogP contribution < -0.4 is 4.90 Å². The molecule has 1 aromatic carbocycles. The highest BCUT2D eigenvalue weighted by atomic mass is 32.2. The highest BCUT2D eigenvalue weighted by molar-refractivity contribution is 7.90. The van der Waals surface area contributed by atoms with Crippen LogP contribution in [-0.2, 0) is 15.9 Å². The van der Waals surface area contributed by atoms with Gasteiger partial charge in [-0.1, -0.05) is 24.3 Å². The molecule has 0 aliphatic carbocycles. The Morgan fingerprint density at radius 2 is 1.76 bits per heavy atom. The van der Waals surface area contributed by atoms with Crippen LogP contribution in [0.1, 0.15) is 24.1 Å². The number of hydrogen-bond acceptors (Lipinski definition) is 7. The van der Waals surface area contributed by atoms with Gasteiger partial charge in [-0.3, -0.25) is 9.88 Å². The number of halogens is 2. The molecule has 5 rings (SSSR count). The van der Waals surface area contributed by atoms with Gasteiger partial charge in [0.25, 0.3) is 10.0 Å². The molecule has 11 heteroatoms. The van der Waals surface area contributed by atoms with Crippen LogP contribution in [-0.4, -0.2) is 65.0 Å². The maximum atomic E-state index is 14.8. The largest absolute Gasteiger partial charge is 0.356 e. The second kappa shape index (κ2) is 9.79. The third kappa shape index (κ3) is 4.93. The van der Waals surface area contributed by atoms with Crippen molar-refractivity contribution in [1.29, 1.82) is 0 Å². The van der Waals surface area contributed by atoms with E-state index in [9.17, 15) is 17.2 Å². The van der Waals surface area contributed by atoms with E-state index in [1.165, 1.54) is 28.8 Å². The number of nitrogens with zero attached hydrogens (tertiary/aromatic N) is 6. The van der Waals surface area contributed by atoms with E-state index in [1.54, 1.807) is 47.4 Å². The number of aryl methyl sites for hydroxylation is 1. The summed E-state index contributed by atoms with van der Waals surface area (Å²) >= 11 is 0. The minimum Gasteiger partial charge on any atom is -0.356 e. The van der Waals surface area contributed by atoms with E-state index < -0.39 is 15.9 Å². The van der Waals surface area contributed by atoms with Crippen LogP contribution in [0.5, 0.6) is 0 Å². The fourth-order valence-electron chi connectivity index (χ4n) is 4.78. The molecular weight excluding hydrogens is 498 g/mol. The van der Waals surface area contributed by atoms with Gasteiger partial charge in [-0.15, -0.1) is 0 Å². The number of alkyl halides is 2. The molecule has 4 aromatic rings. The summed E-state index contributed by atoms with van der Waals surface area (Å²) in [7, 11) is -1.92. The molecule has 0 bridgehead atoms. The zero-order valence-corrected chi connectivity index (χ0v) is 21.4. The Labute approximate surface area is 214 Å². The highest BCUT2D eigenvalue weighted by Gasteiger charge is 2.37. The van der Waals surface area contributed by atoms with Crippen molar-refractivity contribution in [1.82, 2.24) is 23.8 Å². The fourth-order valence-corrected chi connectivity index (χ4v) is 6.10. The van der Waals surface area contributed by atoms with Crippen molar-refractivity contribution >= 4 is 26.9 Å². The third-order valence-corrected chi connectivity index (χ3v) is 8.55. The molecule has 1 aliphatic heterocycles. The smallest absolute Gasteiger partial charge is 0.302 e. The lowest BCUT2D eigenvalue weighted by Crippen LogP contribution is -2.46. The van der Waals surface area contributed by atoms with Gasteiger partial charge in [0.1, 0.15) is 17.8 Å². The van der Waals surface area contributed by atoms with Crippen molar-refractivity contribution in [2.24, 2.45) is 0 Å². The molecule has 3 aromatic heterocycles. The average Bonchev–Trinajstić information content (AvgIpc) is 3.35. The van der Waals surface area contributed by atoms with Crippen LogP contribution in [0.3, 0.4) is 0 Å². The monoisotopic (exact) mass is 526 g/mol. The standard InChI is InChI=1S/C26H28F2N6O2S/c1-19-8-9-23(29-16-19)26(27,28)17-33-13-10-20(11-14-33)32(2)24-22-12-15-34(25(22)31-18-30-24)37(35,36)21-6-4-3-5-7-21/h3-9,12,15-16,18,20H,10-11,13-14,17H2,1-2H3. The molecule has 1 fully saturated rings. The first-order chi connectivity index (χ1) is 17.7. The number of hydrogen-bond donors (Lipinski definition) is 0. The summed E-state index contributed by atoms with van der Waals surface area (Å²) in [5.74, 6) is -2.42. The van der Waals surface area contributed by atoms with Gasteiger partial charge in [-0.05, 0) is 49.6 Å². The van der Waals surface area contributed by atoms with E-state index in [4.69, 9.17) is 0 Å². The van der Waals surface area contributed by atoms with E-state index in [1.807, 2.05) is 18.9 Å². The second-order valence-electron chi connectivity index (χ2n) is 9.41. The Hall–Kier alpha value is -3.44. The predicted molar refractivity (Wildman–Crippen MR) is 137 cm³/mol. The zero-order valence-electron chi connectivity index (χ0n) is 20.6. The second-order valence-corrected chi connectivity index (χ2v) is 11.2. The molecule has 1 saturated heterocycles. The normalized spacial score (nSPS) is 15.8. The van der Waals surface area contributed by atoms with Gasteiger partial charge in [0.15, 0.2) is 5.65 Å². The molecule has 0 radical (unpaired) electrons. The Morgan fingerprint density at radius 3 is 2.43 bits per heavy atom. The quantitative estimate of drug-likeness (QED) is 0.359. The number of rotatable bonds is 7. The van der Waals surface area contributed by atoms with Crippen molar-refractivity contribution in [2.75, 3.05) is 31.6 Å². The number of aromatic nitrogens is 4. The van der Waals surface area contributed by atoms with E-state index in [-0.39, 0.29) is 23.2 Å². The molecule has 0 spiro atoms. The van der Waals surface area contributed by atoms with Gasteiger partial charge in [0, 0.05) is 38.6 Å². The van der Waals surface area contributed by atoms with Crippen molar-refractivity contribution in [2.45, 2.75) is 36.6 Å². The van der Waals surface area contributed by atoms with Crippen LogP contribution >= 0.6 is 0 Å². The van der Waals surface area contributed by atoms with Crippen LogP contribution in [0.25, 0.3) is 11.0 Å². The van der Waals surface area contributed by atoms with Crippen LogP contribution in [0.15, 0.2) is 72.1 Å². The summed E-state index contributed by atoms with van der Waals surface area (Å²) in [4.78, 5) is 16.6. The topological polar surface area (TPSA) is 84.2 Å². The fraction of sp³-hybridized carbons (Fsp3) is 0.346. The minimum atomic E-state index is -3.81. The zero-order chi connectivity index (χ0) is 26.2. The maximum Gasteiger partial charge on any atom is 0.302 e. The molecule has 0 saturated carbocycles. The van der Waals surface area contributed by atoms with Crippen molar-refractivity contribution in [3.05, 3.63) is 78.5 Å². The molecule has 1 aliphatic rings. The van der Waals surface area contributed by atoms with E-state index in [2.05, 4.69) is 15.0 Å². The molecule has 37 heavy (non-hydrogen) atoms. The molecule has 0 atom stereocenters. The van der Waals surface area contributed by atoms with Gasteiger partial charge in [-0.2, -0.15) is 8.78 Å². The minimum absolute atomic E-state index is 0.0644. The maximum absolute atomic E-state index is 14.8. The third-order valence-electron chi connectivity index (χ3n) is 6.87. The van der Waals surface area contributed by atoms with E-state index in [0.717, 1.165) is 5.56 Å². The molecule has 0 amide bonds.